The first-order chi connectivity index (χ1) is 29.9. The highest BCUT2D eigenvalue weighted by molar-refractivity contribution is 6.25. The SMILES string of the molecule is [2H]c1c([2H])c([2H])c(-c2ccc(-c3ccc(-c4c5ccccc5c(-c5c([2H])c([2H])c([2H])c6oc7c([2H])c(-c8ccccc8)c([2H])c([2H])c7c56)c5ccccc45)cc3)cc2)c([2H])c1[2H]. The Kier molecular flexibility index (Phi) is 4.73. The maximum atomic E-state index is 9.46. The average molecular weight is 660 g/mol. The molecule has 1 heteroatoms. The second-order valence-corrected chi connectivity index (χ2v) is 12.4. The normalized spacial score (nSPS) is 14.5. The van der Waals surface area contributed by atoms with Gasteiger partial charge >= 0.3 is 0 Å². The van der Waals surface area contributed by atoms with E-state index in [1.54, 1.807) is 36.4 Å². The predicted molar refractivity (Wildman–Crippen MR) is 216 cm³/mol. The lowest BCUT2D eigenvalue weighted by Crippen LogP contribution is -1.91. The third-order valence-electron chi connectivity index (χ3n) is 9.50. The molecule has 0 amide bonds. The number of furan rings is 1. The van der Waals surface area contributed by atoms with Gasteiger partial charge < -0.3 is 4.42 Å². The highest BCUT2D eigenvalue weighted by atomic mass is 16.3. The minimum atomic E-state index is -0.433. The molecule has 0 aliphatic rings. The molecular formula is C50H32O. The molecule has 1 aromatic heterocycles. The van der Waals surface area contributed by atoms with E-state index < -0.39 is 6.04 Å². The van der Waals surface area contributed by atoms with Gasteiger partial charge in [-0.05, 0) is 95.3 Å². The fourth-order valence-electron chi connectivity index (χ4n) is 7.15. The van der Waals surface area contributed by atoms with Crippen molar-refractivity contribution in [2.45, 2.75) is 0 Å². The van der Waals surface area contributed by atoms with Crippen molar-refractivity contribution < 1.29 is 19.5 Å². The van der Waals surface area contributed by atoms with E-state index in [0.29, 0.717) is 22.3 Å². The van der Waals surface area contributed by atoms with Crippen LogP contribution in [0.5, 0.6) is 0 Å². The fourth-order valence-corrected chi connectivity index (χ4v) is 7.15. The van der Waals surface area contributed by atoms with Crippen LogP contribution < -0.4 is 0 Å². The van der Waals surface area contributed by atoms with Crippen molar-refractivity contribution in [2.75, 3.05) is 0 Å². The van der Waals surface area contributed by atoms with Crippen LogP contribution in [0.4, 0.5) is 0 Å². The molecule has 0 aliphatic heterocycles. The van der Waals surface area contributed by atoms with Crippen molar-refractivity contribution in [2.24, 2.45) is 0 Å². The summed E-state index contributed by atoms with van der Waals surface area (Å²) in [6, 6.07) is 36.8. The van der Waals surface area contributed by atoms with Crippen molar-refractivity contribution in [1.29, 1.82) is 0 Å². The van der Waals surface area contributed by atoms with Gasteiger partial charge in [-0.2, -0.15) is 0 Å². The zero-order valence-corrected chi connectivity index (χ0v) is 27.0. The molecule has 51 heavy (non-hydrogen) atoms. The summed E-state index contributed by atoms with van der Waals surface area (Å²) in [5, 5.41) is 3.65. The van der Waals surface area contributed by atoms with Crippen LogP contribution in [0.25, 0.3) is 99.1 Å². The molecule has 0 N–H and O–H groups in total. The smallest absolute Gasteiger partial charge is 0.136 e. The molecule has 0 unspecified atom stereocenters. The third kappa shape index (κ3) is 4.94. The van der Waals surface area contributed by atoms with E-state index in [0.717, 1.165) is 43.8 Å². The van der Waals surface area contributed by atoms with Crippen LogP contribution in [0.1, 0.15) is 15.1 Å². The summed E-state index contributed by atoms with van der Waals surface area (Å²) in [6.45, 7) is 0. The van der Waals surface area contributed by atoms with E-state index in [4.69, 9.17) is 15.4 Å². The summed E-state index contributed by atoms with van der Waals surface area (Å²) in [6.07, 6.45) is 0. The van der Waals surface area contributed by atoms with Crippen molar-refractivity contribution in [3.63, 3.8) is 0 Å². The number of hydrogen-bond donors (Lipinski definition) is 0. The quantitative estimate of drug-likeness (QED) is 0.168. The highest BCUT2D eigenvalue weighted by Crippen LogP contribution is 2.47. The van der Waals surface area contributed by atoms with Gasteiger partial charge in [0.1, 0.15) is 11.2 Å². The van der Waals surface area contributed by atoms with E-state index >= 15 is 0 Å². The summed E-state index contributed by atoms with van der Waals surface area (Å²) in [5.74, 6) is 0. The van der Waals surface area contributed by atoms with Crippen LogP contribution in [-0.4, -0.2) is 0 Å². The molecule has 0 aliphatic carbocycles. The Labute approximate surface area is 312 Å². The summed E-state index contributed by atoms with van der Waals surface area (Å²) >= 11 is 0. The lowest BCUT2D eigenvalue weighted by molar-refractivity contribution is 0.669. The topological polar surface area (TPSA) is 13.1 Å². The molecule has 238 valence electrons. The summed E-state index contributed by atoms with van der Waals surface area (Å²) in [4.78, 5) is 0. The van der Waals surface area contributed by atoms with Gasteiger partial charge in [-0.25, -0.2) is 0 Å². The van der Waals surface area contributed by atoms with Gasteiger partial charge in [-0.15, -0.1) is 0 Å². The third-order valence-corrected chi connectivity index (χ3v) is 9.50. The maximum absolute atomic E-state index is 9.46. The Morgan fingerprint density at radius 1 is 0.333 bits per heavy atom. The first-order valence-corrected chi connectivity index (χ1v) is 16.6. The fraction of sp³-hybridized carbons (Fsp3) is 0. The standard InChI is InChI=1S/C50H32O/c1-3-12-33(13-4-1)35-22-24-36(25-23-35)37-26-28-38(29-27-37)48-40-16-7-9-18-42(40)49(43-19-10-8-17-41(43)48)45-20-11-21-46-50(45)44-31-30-39(32-47(44)51-46)34-14-5-2-6-15-34/h1-32H/i1D,3D,4D,11D,12D,13D,20D,21D,30D,31D,32D. The van der Waals surface area contributed by atoms with Gasteiger partial charge in [0.15, 0.2) is 0 Å². The molecule has 0 bridgehead atoms. The lowest BCUT2D eigenvalue weighted by atomic mass is 9.84. The van der Waals surface area contributed by atoms with Crippen molar-refractivity contribution >= 4 is 43.5 Å². The Morgan fingerprint density at radius 2 is 0.863 bits per heavy atom. The minimum Gasteiger partial charge on any atom is -0.456 e. The molecule has 1 heterocycles. The predicted octanol–water partition coefficient (Wildman–Crippen LogP) is 14.2. The first-order valence-electron chi connectivity index (χ1n) is 22.1. The second-order valence-electron chi connectivity index (χ2n) is 12.4. The molecule has 0 fully saturated rings. The Balaban J connectivity index is 1.17. The number of hydrogen-bond acceptors (Lipinski definition) is 1. The number of fused-ring (bicyclic) bond motifs is 5. The molecule has 0 spiro atoms. The minimum absolute atomic E-state index is 0.0169. The zero-order valence-electron chi connectivity index (χ0n) is 38.0. The largest absolute Gasteiger partial charge is 0.456 e. The van der Waals surface area contributed by atoms with Crippen LogP contribution in [0, 0.1) is 0 Å². The molecule has 10 rings (SSSR count). The number of rotatable bonds is 5. The molecular weight excluding hydrogens is 617 g/mol. The zero-order chi connectivity index (χ0) is 43.3. The lowest BCUT2D eigenvalue weighted by Gasteiger charge is -2.18. The van der Waals surface area contributed by atoms with Crippen LogP contribution in [-0.2, 0) is 0 Å². The monoisotopic (exact) mass is 659 g/mol. The highest BCUT2D eigenvalue weighted by Gasteiger charge is 2.20. The van der Waals surface area contributed by atoms with Gasteiger partial charge in [0.25, 0.3) is 0 Å². The summed E-state index contributed by atoms with van der Waals surface area (Å²) in [5.41, 5.74) is 6.01. The second kappa shape index (κ2) is 12.0. The van der Waals surface area contributed by atoms with Crippen molar-refractivity contribution in [3.05, 3.63) is 194 Å². The molecule has 0 saturated heterocycles. The summed E-state index contributed by atoms with van der Waals surface area (Å²) < 4.78 is 102. The van der Waals surface area contributed by atoms with Gasteiger partial charge in [0.05, 0.1) is 15.1 Å². The van der Waals surface area contributed by atoms with E-state index in [2.05, 4.69) is 0 Å². The Hall–Kier alpha value is -6.70. The van der Waals surface area contributed by atoms with Crippen molar-refractivity contribution in [3.8, 4) is 55.6 Å². The molecule has 0 radical (unpaired) electrons. The first kappa shape index (κ1) is 20.1. The Morgan fingerprint density at radius 3 is 1.49 bits per heavy atom. The van der Waals surface area contributed by atoms with Gasteiger partial charge in [0.2, 0.25) is 0 Å². The van der Waals surface area contributed by atoms with Gasteiger partial charge in [-0.3, -0.25) is 0 Å². The average Bonchev–Trinajstić information content (AvgIpc) is 3.70. The molecule has 0 saturated carbocycles. The number of benzene rings is 9. The summed E-state index contributed by atoms with van der Waals surface area (Å²) in [7, 11) is 0. The van der Waals surface area contributed by atoms with E-state index in [1.807, 2.05) is 91.0 Å². The van der Waals surface area contributed by atoms with Crippen LogP contribution in [0.3, 0.4) is 0 Å². The van der Waals surface area contributed by atoms with Crippen LogP contribution in [0.2, 0.25) is 0 Å². The van der Waals surface area contributed by atoms with Crippen LogP contribution in [0.15, 0.2) is 198 Å². The van der Waals surface area contributed by atoms with Crippen LogP contribution >= 0.6 is 0 Å². The molecule has 9 aromatic carbocycles. The van der Waals surface area contributed by atoms with E-state index in [1.165, 1.54) is 0 Å². The molecule has 0 atom stereocenters. The maximum Gasteiger partial charge on any atom is 0.136 e. The Bertz CT molecular complexity index is 3420. The van der Waals surface area contributed by atoms with Gasteiger partial charge in [0, 0.05) is 10.8 Å². The molecule has 10 aromatic rings. The van der Waals surface area contributed by atoms with E-state index in [-0.39, 0.29) is 93.5 Å². The van der Waals surface area contributed by atoms with Crippen molar-refractivity contribution in [1.82, 2.24) is 0 Å². The molecule has 1 nitrogen and oxygen atoms in total. The van der Waals surface area contributed by atoms with E-state index in [9.17, 15) is 4.11 Å². The van der Waals surface area contributed by atoms with Gasteiger partial charge in [-0.1, -0.05) is 176 Å².